The largest absolute Gasteiger partial charge is 0.493 e. The van der Waals surface area contributed by atoms with E-state index in [-0.39, 0.29) is 5.91 Å². The van der Waals surface area contributed by atoms with Crippen LogP contribution in [0.3, 0.4) is 0 Å². The highest BCUT2D eigenvalue weighted by Crippen LogP contribution is 2.38. The number of para-hydroxylation sites is 1. The third kappa shape index (κ3) is 5.08. The molecule has 0 saturated carbocycles. The number of carbonyl (C=O) groups excluding carboxylic acids is 1. The Labute approximate surface area is 182 Å². The van der Waals surface area contributed by atoms with E-state index in [4.69, 9.17) is 19.2 Å². The Bertz CT molecular complexity index is 904. The standard InChI is InChI=1S/C23H28N2O4S/c1-16-8-5-6-9-18(16)24-23-25(12-7-13-30-23)21(26)11-10-17-14-19(27-2)22(29-4)20(15-17)28-3/h5-6,8-9,14-15H,7,10-13H2,1-4H3. The molecule has 160 valence electrons. The van der Waals surface area contributed by atoms with Gasteiger partial charge in [0.2, 0.25) is 11.7 Å². The molecule has 7 heteroatoms. The van der Waals surface area contributed by atoms with Gasteiger partial charge in [-0.25, -0.2) is 4.99 Å². The van der Waals surface area contributed by atoms with Crippen molar-refractivity contribution < 1.29 is 19.0 Å². The van der Waals surface area contributed by atoms with Gasteiger partial charge >= 0.3 is 0 Å². The maximum Gasteiger partial charge on any atom is 0.228 e. The summed E-state index contributed by atoms with van der Waals surface area (Å²) in [7, 11) is 4.75. The van der Waals surface area contributed by atoms with Crippen molar-refractivity contribution in [2.75, 3.05) is 33.6 Å². The number of aryl methyl sites for hydroxylation is 2. The van der Waals surface area contributed by atoms with Crippen molar-refractivity contribution in [3.8, 4) is 17.2 Å². The van der Waals surface area contributed by atoms with Gasteiger partial charge in [-0.1, -0.05) is 30.0 Å². The van der Waals surface area contributed by atoms with Crippen molar-refractivity contribution >= 4 is 28.5 Å². The number of methoxy groups -OCH3 is 3. The Hall–Kier alpha value is -2.67. The minimum absolute atomic E-state index is 0.0725. The van der Waals surface area contributed by atoms with E-state index >= 15 is 0 Å². The van der Waals surface area contributed by atoms with Crippen LogP contribution in [0.2, 0.25) is 0 Å². The van der Waals surface area contributed by atoms with Crippen molar-refractivity contribution in [1.29, 1.82) is 0 Å². The summed E-state index contributed by atoms with van der Waals surface area (Å²) in [5.74, 6) is 2.78. The molecule has 0 atom stereocenters. The maximum absolute atomic E-state index is 13.0. The van der Waals surface area contributed by atoms with Gasteiger partial charge in [0.15, 0.2) is 16.7 Å². The molecular weight excluding hydrogens is 400 g/mol. The van der Waals surface area contributed by atoms with E-state index < -0.39 is 0 Å². The predicted molar refractivity (Wildman–Crippen MR) is 121 cm³/mol. The van der Waals surface area contributed by atoms with Gasteiger partial charge in [-0.2, -0.15) is 0 Å². The molecule has 30 heavy (non-hydrogen) atoms. The highest BCUT2D eigenvalue weighted by atomic mass is 32.2. The number of thioether (sulfide) groups is 1. The number of rotatable bonds is 7. The molecule has 0 radical (unpaired) electrons. The van der Waals surface area contributed by atoms with Crippen LogP contribution in [-0.4, -0.2) is 49.6 Å². The molecule has 1 saturated heterocycles. The molecule has 0 unspecified atom stereocenters. The molecule has 2 aromatic rings. The van der Waals surface area contributed by atoms with Crippen molar-refractivity contribution in [3.63, 3.8) is 0 Å². The zero-order valence-electron chi connectivity index (χ0n) is 17.9. The van der Waals surface area contributed by atoms with Crippen LogP contribution in [0.5, 0.6) is 17.2 Å². The molecule has 0 aliphatic carbocycles. The molecule has 3 rings (SSSR count). The lowest BCUT2D eigenvalue weighted by atomic mass is 10.1. The highest BCUT2D eigenvalue weighted by Gasteiger charge is 2.24. The molecule has 1 aliphatic heterocycles. The number of amidine groups is 1. The van der Waals surface area contributed by atoms with E-state index in [2.05, 4.69) is 0 Å². The Morgan fingerprint density at radius 3 is 2.43 bits per heavy atom. The molecule has 0 spiro atoms. The fourth-order valence-corrected chi connectivity index (χ4v) is 4.31. The molecule has 2 aromatic carbocycles. The van der Waals surface area contributed by atoms with Gasteiger partial charge in [0.05, 0.1) is 27.0 Å². The summed E-state index contributed by atoms with van der Waals surface area (Å²) in [6.45, 7) is 2.73. The Morgan fingerprint density at radius 2 is 1.80 bits per heavy atom. The van der Waals surface area contributed by atoms with E-state index in [1.807, 2.05) is 48.2 Å². The van der Waals surface area contributed by atoms with E-state index in [0.29, 0.717) is 36.6 Å². The minimum atomic E-state index is 0.0725. The summed E-state index contributed by atoms with van der Waals surface area (Å²) in [5.41, 5.74) is 2.96. The number of benzene rings is 2. The summed E-state index contributed by atoms with van der Waals surface area (Å²) < 4.78 is 16.2. The normalized spacial score (nSPS) is 15.2. The molecule has 1 aliphatic rings. The predicted octanol–water partition coefficient (Wildman–Crippen LogP) is 4.61. The zero-order valence-corrected chi connectivity index (χ0v) is 18.8. The zero-order chi connectivity index (χ0) is 21.5. The lowest BCUT2D eigenvalue weighted by Gasteiger charge is -2.28. The number of amides is 1. The number of nitrogens with zero attached hydrogens (tertiary/aromatic N) is 2. The highest BCUT2D eigenvalue weighted by molar-refractivity contribution is 8.13. The summed E-state index contributed by atoms with van der Waals surface area (Å²) in [6, 6.07) is 11.8. The smallest absolute Gasteiger partial charge is 0.228 e. The average molecular weight is 429 g/mol. The van der Waals surface area contributed by atoms with Gasteiger partial charge in [0, 0.05) is 18.7 Å². The molecular formula is C23H28N2O4S. The molecule has 1 amide bonds. The first-order valence-corrected chi connectivity index (χ1v) is 10.9. The van der Waals surface area contributed by atoms with Gasteiger partial charge in [-0.3, -0.25) is 9.69 Å². The first kappa shape index (κ1) is 22.0. The van der Waals surface area contributed by atoms with Gasteiger partial charge in [-0.15, -0.1) is 0 Å². The summed E-state index contributed by atoms with van der Waals surface area (Å²) in [6.07, 6.45) is 1.92. The Balaban J connectivity index is 1.75. The third-order valence-corrected chi connectivity index (χ3v) is 6.04. The fraction of sp³-hybridized carbons (Fsp3) is 0.391. The summed E-state index contributed by atoms with van der Waals surface area (Å²) in [4.78, 5) is 19.6. The number of carbonyl (C=O) groups is 1. The topological polar surface area (TPSA) is 60.4 Å². The molecule has 1 fully saturated rings. The quantitative estimate of drug-likeness (QED) is 0.645. The van der Waals surface area contributed by atoms with E-state index in [0.717, 1.165) is 34.2 Å². The monoisotopic (exact) mass is 428 g/mol. The van der Waals surface area contributed by atoms with Crippen LogP contribution in [0.1, 0.15) is 24.0 Å². The van der Waals surface area contributed by atoms with Gasteiger partial charge in [0.25, 0.3) is 0 Å². The van der Waals surface area contributed by atoms with Gasteiger partial charge in [0.1, 0.15) is 0 Å². The van der Waals surface area contributed by atoms with Gasteiger partial charge in [-0.05, 0) is 49.1 Å². The Morgan fingerprint density at radius 1 is 1.10 bits per heavy atom. The fourth-order valence-electron chi connectivity index (χ4n) is 3.34. The van der Waals surface area contributed by atoms with E-state index in [1.54, 1.807) is 33.1 Å². The van der Waals surface area contributed by atoms with Crippen LogP contribution in [0.4, 0.5) is 5.69 Å². The van der Waals surface area contributed by atoms with Crippen molar-refractivity contribution in [3.05, 3.63) is 47.5 Å². The number of ether oxygens (including phenoxy) is 3. The second kappa shape index (κ2) is 10.4. The van der Waals surface area contributed by atoms with E-state index in [9.17, 15) is 4.79 Å². The second-order valence-electron chi connectivity index (χ2n) is 6.96. The first-order chi connectivity index (χ1) is 14.6. The SMILES string of the molecule is COc1cc(CCC(=O)N2CCCSC2=Nc2ccccc2C)cc(OC)c1OC. The van der Waals surface area contributed by atoms with Crippen molar-refractivity contribution in [1.82, 2.24) is 4.90 Å². The van der Waals surface area contributed by atoms with Crippen molar-refractivity contribution in [2.45, 2.75) is 26.2 Å². The molecule has 0 aromatic heterocycles. The second-order valence-corrected chi connectivity index (χ2v) is 8.02. The average Bonchev–Trinajstić information content (AvgIpc) is 2.78. The summed E-state index contributed by atoms with van der Waals surface area (Å²) >= 11 is 1.64. The van der Waals surface area contributed by atoms with E-state index in [1.165, 1.54) is 0 Å². The van der Waals surface area contributed by atoms with Crippen LogP contribution in [0.25, 0.3) is 0 Å². The minimum Gasteiger partial charge on any atom is -0.493 e. The molecule has 1 heterocycles. The van der Waals surface area contributed by atoms with Crippen LogP contribution in [-0.2, 0) is 11.2 Å². The molecule has 0 bridgehead atoms. The van der Waals surface area contributed by atoms with Crippen LogP contribution in [0, 0.1) is 6.92 Å². The number of hydrogen-bond donors (Lipinski definition) is 0. The Kier molecular flexibility index (Phi) is 7.63. The van der Waals surface area contributed by atoms with Crippen LogP contribution < -0.4 is 14.2 Å². The molecule has 6 nitrogen and oxygen atoms in total. The third-order valence-electron chi connectivity index (χ3n) is 4.97. The van der Waals surface area contributed by atoms with Crippen molar-refractivity contribution in [2.24, 2.45) is 4.99 Å². The van der Waals surface area contributed by atoms with Crippen LogP contribution >= 0.6 is 11.8 Å². The maximum atomic E-state index is 13.0. The number of aliphatic imine (C=N–C) groups is 1. The first-order valence-electron chi connectivity index (χ1n) is 9.93. The molecule has 0 N–H and O–H groups in total. The summed E-state index contributed by atoms with van der Waals surface area (Å²) in [5, 5.41) is 0.783. The number of hydrogen-bond acceptors (Lipinski definition) is 6. The lowest BCUT2D eigenvalue weighted by Crippen LogP contribution is -2.39. The lowest BCUT2D eigenvalue weighted by molar-refractivity contribution is -0.127. The van der Waals surface area contributed by atoms with Crippen LogP contribution in [0.15, 0.2) is 41.4 Å². The van der Waals surface area contributed by atoms with Gasteiger partial charge < -0.3 is 14.2 Å².